The Morgan fingerprint density at radius 1 is 1.00 bits per heavy atom. The highest BCUT2D eigenvalue weighted by Crippen LogP contribution is 2.17. The van der Waals surface area contributed by atoms with Gasteiger partial charge in [-0.2, -0.15) is 0 Å². The zero-order valence-corrected chi connectivity index (χ0v) is 14.7. The maximum absolute atomic E-state index is 12.3. The van der Waals surface area contributed by atoms with Gasteiger partial charge in [-0.15, -0.1) is 0 Å². The molecule has 0 saturated heterocycles. The van der Waals surface area contributed by atoms with Crippen molar-refractivity contribution in [1.29, 1.82) is 0 Å². The highest BCUT2D eigenvalue weighted by atomic mass is 16.5. The van der Waals surface area contributed by atoms with Gasteiger partial charge in [0, 0.05) is 17.9 Å². The van der Waals surface area contributed by atoms with Crippen LogP contribution in [0.15, 0.2) is 48.5 Å². The molecule has 0 aliphatic carbocycles. The summed E-state index contributed by atoms with van der Waals surface area (Å²) in [6, 6.07) is 14.6. The molecule has 2 rings (SSSR count). The average Bonchev–Trinajstić information content (AvgIpc) is 2.62. The first kappa shape index (κ1) is 18.5. The number of hydrogen-bond acceptors (Lipinski definition) is 4. The number of benzene rings is 2. The highest BCUT2D eigenvalue weighted by molar-refractivity contribution is 5.98. The van der Waals surface area contributed by atoms with Gasteiger partial charge >= 0.3 is 5.97 Å². The fourth-order valence-electron chi connectivity index (χ4n) is 2.32. The van der Waals surface area contributed by atoms with E-state index in [-0.39, 0.29) is 12.5 Å². The van der Waals surface area contributed by atoms with E-state index < -0.39 is 5.97 Å². The Morgan fingerprint density at radius 3 is 2.40 bits per heavy atom. The molecule has 0 saturated carbocycles. The zero-order chi connectivity index (χ0) is 18.1. The van der Waals surface area contributed by atoms with Crippen molar-refractivity contribution in [1.82, 2.24) is 0 Å². The van der Waals surface area contributed by atoms with E-state index in [1.807, 2.05) is 43.3 Å². The molecule has 0 unspecified atom stereocenters. The van der Waals surface area contributed by atoms with Gasteiger partial charge in [0.1, 0.15) is 0 Å². The molecule has 1 amide bonds. The molecule has 0 radical (unpaired) electrons. The number of amides is 1. The quantitative estimate of drug-likeness (QED) is 0.563. The fourth-order valence-corrected chi connectivity index (χ4v) is 2.32. The minimum absolute atomic E-state index is 0.323. The van der Waals surface area contributed by atoms with Gasteiger partial charge < -0.3 is 15.4 Å². The highest BCUT2D eigenvalue weighted by Gasteiger charge is 2.14. The zero-order valence-electron chi connectivity index (χ0n) is 14.7. The van der Waals surface area contributed by atoms with Crippen molar-refractivity contribution >= 4 is 23.3 Å². The predicted octanol–water partition coefficient (Wildman–Crippen LogP) is 4.00. The molecule has 0 fully saturated rings. The Bertz CT molecular complexity index is 728. The molecule has 2 aromatic rings. The van der Waals surface area contributed by atoms with E-state index in [0.717, 1.165) is 30.6 Å². The molecule has 0 aromatic heterocycles. The van der Waals surface area contributed by atoms with Crippen molar-refractivity contribution in [3.05, 3.63) is 59.7 Å². The third kappa shape index (κ3) is 5.64. The van der Waals surface area contributed by atoms with E-state index in [9.17, 15) is 9.59 Å². The summed E-state index contributed by atoms with van der Waals surface area (Å²) in [4.78, 5) is 24.3. The number of aryl methyl sites for hydroxylation is 1. The first-order valence-electron chi connectivity index (χ1n) is 8.47. The van der Waals surface area contributed by atoms with Crippen LogP contribution in [0, 0.1) is 6.92 Å². The maximum Gasteiger partial charge on any atom is 0.340 e. The molecule has 0 bridgehead atoms. The van der Waals surface area contributed by atoms with Crippen LogP contribution in [-0.2, 0) is 9.53 Å². The second kappa shape index (κ2) is 9.47. The van der Waals surface area contributed by atoms with Gasteiger partial charge in [-0.1, -0.05) is 43.7 Å². The summed E-state index contributed by atoms with van der Waals surface area (Å²) < 4.78 is 5.16. The molecule has 0 spiro atoms. The number of rotatable bonds is 8. The molecular weight excluding hydrogens is 316 g/mol. The SMILES string of the molecule is CCCCNc1ccccc1C(=O)OCC(=O)Nc1ccccc1C. The third-order valence-electron chi connectivity index (χ3n) is 3.75. The molecule has 25 heavy (non-hydrogen) atoms. The van der Waals surface area contributed by atoms with E-state index >= 15 is 0 Å². The molecule has 2 N–H and O–H groups in total. The smallest absolute Gasteiger partial charge is 0.340 e. The second-order valence-electron chi connectivity index (χ2n) is 5.77. The van der Waals surface area contributed by atoms with Crippen LogP contribution in [-0.4, -0.2) is 25.0 Å². The molecule has 132 valence electrons. The van der Waals surface area contributed by atoms with E-state index in [4.69, 9.17) is 4.74 Å². The Morgan fingerprint density at radius 2 is 1.68 bits per heavy atom. The van der Waals surface area contributed by atoms with E-state index in [1.165, 1.54) is 0 Å². The van der Waals surface area contributed by atoms with Crippen molar-refractivity contribution < 1.29 is 14.3 Å². The number of ether oxygens (including phenoxy) is 1. The Labute approximate surface area is 148 Å². The largest absolute Gasteiger partial charge is 0.452 e. The number of unbranched alkanes of at least 4 members (excludes halogenated alkanes) is 1. The maximum atomic E-state index is 12.3. The van der Waals surface area contributed by atoms with Gasteiger partial charge in [-0.3, -0.25) is 4.79 Å². The number of carbonyl (C=O) groups is 2. The summed E-state index contributed by atoms with van der Waals surface area (Å²) >= 11 is 0. The Hall–Kier alpha value is -2.82. The van der Waals surface area contributed by atoms with Crippen molar-refractivity contribution in [3.63, 3.8) is 0 Å². The lowest BCUT2D eigenvalue weighted by Crippen LogP contribution is -2.21. The lowest BCUT2D eigenvalue weighted by molar-refractivity contribution is -0.119. The Balaban J connectivity index is 1.91. The number of esters is 1. The predicted molar refractivity (Wildman–Crippen MR) is 99.9 cm³/mol. The van der Waals surface area contributed by atoms with Gasteiger partial charge in [0.25, 0.3) is 5.91 Å². The first-order chi connectivity index (χ1) is 12.1. The second-order valence-corrected chi connectivity index (χ2v) is 5.77. The minimum Gasteiger partial charge on any atom is -0.452 e. The summed E-state index contributed by atoms with van der Waals surface area (Å²) in [5.74, 6) is -0.876. The minimum atomic E-state index is -0.514. The topological polar surface area (TPSA) is 67.4 Å². The molecule has 0 aliphatic heterocycles. The van der Waals surface area contributed by atoms with Crippen molar-refractivity contribution in [2.75, 3.05) is 23.8 Å². The van der Waals surface area contributed by atoms with Crippen LogP contribution in [0.1, 0.15) is 35.7 Å². The normalized spacial score (nSPS) is 10.2. The standard InChI is InChI=1S/C20H24N2O3/c1-3-4-13-21-18-12-8-6-10-16(18)20(24)25-14-19(23)22-17-11-7-5-9-15(17)2/h5-12,21H,3-4,13-14H2,1-2H3,(H,22,23). The molecule has 5 nitrogen and oxygen atoms in total. The van der Waals surface area contributed by atoms with E-state index in [2.05, 4.69) is 17.6 Å². The van der Waals surface area contributed by atoms with Crippen LogP contribution in [0.4, 0.5) is 11.4 Å². The van der Waals surface area contributed by atoms with Gasteiger partial charge in [0.15, 0.2) is 6.61 Å². The number of hydrogen-bond donors (Lipinski definition) is 2. The third-order valence-corrected chi connectivity index (χ3v) is 3.75. The van der Waals surface area contributed by atoms with Crippen LogP contribution in [0.3, 0.4) is 0 Å². The monoisotopic (exact) mass is 340 g/mol. The molecule has 0 heterocycles. The molecule has 0 atom stereocenters. The van der Waals surface area contributed by atoms with Gasteiger partial charge in [-0.25, -0.2) is 4.79 Å². The van der Waals surface area contributed by atoms with E-state index in [0.29, 0.717) is 11.3 Å². The van der Waals surface area contributed by atoms with Crippen LogP contribution >= 0.6 is 0 Å². The number of nitrogens with one attached hydrogen (secondary N) is 2. The number of anilines is 2. The van der Waals surface area contributed by atoms with E-state index in [1.54, 1.807) is 12.1 Å². The van der Waals surface area contributed by atoms with Gasteiger partial charge in [0.2, 0.25) is 0 Å². The molecular formula is C20H24N2O3. The van der Waals surface area contributed by atoms with Crippen molar-refractivity contribution in [2.24, 2.45) is 0 Å². The van der Waals surface area contributed by atoms with Crippen LogP contribution in [0.5, 0.6) is 0 Å². The molecule has 2 aromatic carbocycles. The van der Waals surface area contributed by atoms with Gasteiger partial charge in [-0.05, 0) is 37.1 Å². The summed E-state index contributed by atoms with van der Waals surface area (Å²) in [7, 11) is 0. The average molecular weight is 340 g/mol. The summed E-state index contributed by atoms with van der Waals surface area (Å²) in [6.07, 6.45) is 2.08. The Kier molecular flexibility index (Phi) is 7.01. The number of para-hydroxylation sites is 2. The number of carbonyl (C=O) groups excluding carboxylic acids is 2. The van der Waals surface area contributed by atoms with Crippen LogP contribution in [0.25, 0.3) is 0 Å². The summed E-state index contributed by atoms with van der Waals surface area (Å²) in [5.41, 5.74) is 2.82. The van der Waals surface area contributed by atoms with Crippen molar-refractivity contribution in [2.45, 2.75) is 26.7 Å². The molecule has 5 heteroatoms. The van der Waals surface area contributed by atoms with Crippen molar-refractivity contribution in [3.8, 4) is 0 Å². The lowest BCUT2D eigenvalue weighted by atomic mass is 10.1. The van der Waals surface area contributed by atoms with Gasteiger partial charge in [0.05, 0.1) is 5.56 Å². The summed E-state index contributed by atoms with van der Waals surface area (Å²) in [5, 5.41) is 5.97. The van der Waals surface area contributed by atoms with Crippen LogP contribution < -0.4 is 10.6 Å². The fraction of sp³-hybridized carbons (Fsp3) is 0.300. The first-order valence-corrected chi connectivity index (χ1v) is 8.47. The summed E-state index contributed by atoms with van der Waals surface area (Å²) in [6.45, 7) is 4.47. The lowest BCUT2D eigenvalue weighted by Gasteiger charge is -2.12. The molecule has 0 aliphatic rings. The van der Waals surface area contributed by atoms with Crippen LogP contribution in [0.2, 0.25) is 0 Å².